The standard InChI is InChI=1S/C28H25BrCl2N2O3/c1-2-35-26-15-20(14-24(29)27(26)36-18-21-10-11-23(30)16-25(21)31)13-22(17-32)28(34)33-12-6-9-19-7-4-3-5-8-19/h3-5,7-8,10-11,13-16H,2,6,9,12,18H2,1H3,(H,33,34)/b22-13-. The second-order valence-electron chi connectivity index (χ2n) is 7.80. The molecule has 3 aromatic carbocycles. The van der Waals surface area contributed by atoms with Crippen LogP contribution in [0, 0.1) is 11.3 Å². The fourth-order valence-electron chi connectivity index (χ4n) is 3.41. The van der Waals surface area contributed by atoms with Gasteiger partial charge < -0.3 is 14.8 Å². The second-order valence-corrected chi connectivity index (χ2v) is 9.50. The highest BCUT2D eigenvalue weighted by Gasteiger charge is 2.15. The summed E-state index contributed by atoms with van der Waals surface area (Å²) in [5.41, 5.74) is 2.61. The first-order valence-corrected chi connectivity index (χ1v) is 12.9. The Balaban J connectivity index is 1.70. The average Bonchev–Trinajstić information content (AvgIpc) is 2.86. The van der Waals surface area contributed by atoms with Crippen LogP contribution < -0.4 is 14.8 Å². The summed E-state index contributed by atoms with van der Waals surface area (Å²) in [6.07, 6.45) is 3.15. The van der Waals surface area contributed by atoms with Crippen molar-refractivity contribution in [1.82, 2.24) is 5.32 Å². The van der Waals surface area contributed by atoms with Gasteiger partial charge in [-0.15, -0.1) is 0 Å². The van der Waals surface area contributed by atoms with Crippen LogP contribution in [0.25, 0.3) is 6.08 Å². The number of carbonyl (C=O) groups is 1. The van der Waals surface area contributed by atoms with Crippen molar-refractivity contribution in [2.45, 2.75) is 26.4 Å². The quantitative estimate of drug-likeness (QED) is 0.144. The van der Waals surface area contributed by atoms with E-state index in [-0.39, 0.29) is 12.2 Å². The second kappa shape index (κ2) is 13.9. The van der Waals surface area contributed by atoms with Crippen LogP contribution in [-0.2, 0) is 17.8 Å². The minimum Gasteiger partial charge on any atom is -0.490 e. The Kier molecular flexibility index (Phi) is 10.7. The molecular weight excluding hydrogens is 563 g/mol. The van der Waals surface area contributed by atoms with Crippen LogP contribution in [0.1, 0.15) is 30.0 Å². The molecule has 186 valence electrons. The fraction of sp³-hybridized carbons (Fsp3) is 0.214. The lowest BCUT2D eigenvalue weighted by molar-refractivity contribution is -0.117. The first-order valence-electron chi connectivity index (χ1n) is 11.4. The van der Waals surface area contributed by atoms with Crippen molar-refractivity contribution in [3.8, 4) is 17.6 Å². The molecule has 0 fully saturated rings. The topological polar surface area (TPSA) is 71.3 Å². The molecule has 36 heavy (non-hydrogen) atoms. The maximum atomic E-state index is 12.6. The maximum absolute atomic E-state index is 12.6. The normalized spacial score (nSPS) is 11.0. The number of nitrogens with zero attached hydrogens (tertiary/aromatic N) is 1. The summed E-state index contributed by atoms with van der Waals surface area (Å²) in [7, 11) is 0. The van der Waals surface area contributed by atoms with E-state index in [1.165, 1.54) is 11.6 Å². The summed E-state index contributed by atoms with van der Waals surface area (Å²) in [6, 6.07) is 20.7. The van der Waals surface area contributed by atoms with Gasteiger partial charge in [0, 0.05) is 22.2 Å². The van der Waals surface area contributed by atoms with Gasteiger partial charge in [-0.3, -0.25) is 4.79 Å². The van der Waals surface area contributed by atoms with E-state index in [4.69, 9.17) is 32.7 Å². The van der Waals surface area contributed by atoms with E-state index in [0.717, 1.165) is 18.4 Å². The van der Waals surface area contributed by atoms with E-state index in [1.54, 1.807) is 30.3 Å². The summed E-state index contributed by atoms with van der Waals surface area (Å²) in [5.74, 6) is 0.546. The molecule has 0 aliphatic carbocycles. The van der Waals surface area contributed by atoms with Crippen LogP contribution in [0.2, 0.25) is 10.0 Å². The molecule has 0 aliphatic heterocycles. The number of ether oxygens (including phenoxy) is 2. The van der Waals surface area contributed by atoms with Crippen molar-refractivity contribution in [1.29, 1.82) is 5.26 Å². The predicted molar refractivity (Wildman–Crippen MR) is 147 cm³/mol. The van der Waals surface area contributed by atoms with E-state index in [2.05, 4.69) is 21.2 Å². The number of nitrogens with one attached hydrogen (secondary N) is 1. The molecule has 5 nitrogen and oxygen atoms in total. The number of aryl methyl sites for hydroxylation is 1. The van der Waals surface area contributed by atoms with Crippen LogP contribution in [0.4, 0.5) is 0 Å². The number of nitriles is 1. The minimum atomic E-state index is -0.419. The van der Waals surface area contributed by atoms with E-state index in [1.807, 2.05) is 43.3 Å². The summed E-state index contributed by atoms with van der Waals surface area (Å²) in [6.45, 7) is 2.95. The maximum Gasteiger partial charge on any atom is 0.261 e. The highest BCUT2D eigenvalue weighted by atomic mass is 79.9. The number of benzene rings is 3. The summed E-state index contributed by atoms with van der Waals surface area (Å²) in [4.78, 5) is 12.6. The lowest BCUT2D eigenvalue weighted by Gasteiger charge is -2.15. The first-order chi connectivity index (χ1) is 17.4. The third-order valence-electron chi connectivity index (χ3n) is 5.17. The van der Waals surface area contributed by atoms with Gasteiger partial charge in [0.25, 0.3) is 5.91 Å². The minimum absolute atomic E-state index is 0.00525. The van der Waals surface area contributed by atoms with Crippen molar-refractivity contribution in [3.05, 3.63) is 97.4 Å². The highest BCUT2D eigenvalue weighted by Crippen LogP contribution is 2.38. The molecule has 8 heteroatoms. The van der Waals surface area contributed by atoms with Gasteiger partial charge in [-0.05, 0) is 77.2 Å². The number of carbonyl (C=O) groups excluding carboxylic acids is 1. The molecule has 0 radical (unpaired) electrons. The van der Waals surface area contributed by atoms with Crippen molar-refractivity contribution >= 4 is 51.1 Å². The van der Waals surface area contributed by atoms with Crippen molar-refractivity contribution < 1.29 is 14.3 Å². The van der Waals surface area contributed by atoms with Gasteiger partial charge in [0.15, 0.2) is 11.5 Å². The summed E-state index contributed by atoms with van der Waals surface area (Å²) < 4.78 is 12.4. The Labute approximate surface area is 229 Å². The highest BCUT2D eigenvalue weighted by molar-refractivity contribution is 9.10. The van der Waals surface area contributed by atoms with Crippen molar-refractivity contribution in [3.63, 3.8) is 0 Å². The monoisotopic (exact) mass is 586 g/mol. The predicted octanol–water partition coefficient (Wildman–Crippen LogP) is 7.39. The third kappa shape index (κ3) is 8.03. The molecule has 0 atom stereocenters. The smallest absolute Gasteiger partial charge is 0.261 e. The van der Waals surface area contributed by atoms with Gasteiger partial charge in [0.05, 0.1) is 11.1 Å². The van der Waals surface area contributed by atoms with E-state index < -0.39 is 5.91 Å². The van der Waals surface area contributed by atoms with E-state index >= 15 is 0 Å². The van der Waals surface area contributed by atoms with Gasteiger partial charge in [0.2, 0.25) is 0 Å². The Morgan fingerprint density at radius 3 is 2.58 bits per heavy atom. The Morgan fingerprint density at radius 1 is 1.11 bits per heavy atom. The van der Waals surface area contributed by atoms with Crippen LogP contribution in [0.15, 0.2) is 70.7 Å². The molecule has 0 aromatic heterocycles. The van der Waals surface area contributed by atoms with E-state index in [0.29, 0.717) is 44.7 Å². The zero-order valence-electron chi connectivity index (χ0n) is 19.7. The molecular formula is C28H25BrCl2N2O3. The van der Waals surface area contributed by atoms with E-state index in [9.17, 15) is 10.1 Å². The Bertz CT molecular complexity index is 1270. The molecule has 0 bridgehead atoms. The molecule has 1 N–H and O–H groups in total. The van der Waals surface area contributed by atoms with Crippen LogP contribution in [0.5, 0.6) is 11.5 Å². The molecule has 0 saturated heterocycles. The largest absolute Gasteiger partial charge is 0.490 e. The third-order valence-corrected chi connectivity index (χ3v) is 6.34. The van der Waals surface area contributed by atoms with Crippen LogP contribution in [0.3, 0.4) is 0 Å². The van der Waals surface area contributed by atoms with Gasteiger partial charge in [-0.1, -0.05) is 59.6 Å². The molecule has 0 heterocycles. The Hall–Kier alpha value is -2.98. The summed E-state index contributed by atoms with van der Waals surface area (Å²) >= 11 is 15.7. The fourth-order valence-corrected chi connectivity index (χ4v) is 4.45. The zero-order chi connectivity index (χ0) is 25.9. The number of amides is 1. The Morgan fingerprint density at radius 2 is 1.89 bits per heavy atom. The van der Waals surface area contributed by atoms with Gasteiger partial charge in [-0.2, -0.15) is 5.26 Å². The van der Waals surface area contributed by atoms with Gasteiger partial charge in [-0.25, -0.2) is 0 Å². The molecule has 0 aliphatic rings. The molecule has 0 saturated carbocycles. The molecule has 3 rings (SSSR count). The molecule has 1 amide bonds. The summed E-state index contributed by atoms with van der Waals surface area (Å²) in [5, 5.41) is 13.4. The van der Waals surface area contributed by atoms with Crippen LogP contribution in [-0.4, -0.2) is 19.1 Å². The van der Waals surface area contributed by atoms with Gasteiger partial charge in [0.1, 0.15) is 18.2 Å². The van der Waals surface area contributed by atoms with Crippen molar-refractivity contribution in [2.75, 3.05) is 13.2 Å². The average molecular weight is 588 g/mol. The lowest BCUT2D eigenvalue weighted by atomic mass is 10.1. The zero-order valence-corrected chi connectivity index (χ0v) is 22.8. The van der Waals surface area contributed by atoms with Gasteiger partial charge >= 0.3 is 0 Å². The molecule has 3 aromatic rings. The number of hydrogen-bond acceptors (Lipinski definition) is 4. The number of halogens is 3. The number of hydrogen-bond donors (Lipinski definition) is 1. The molecule has 0 spiro atoms. The molecule has 0 unspecified atom stereocenters. The van der Waals surface area contributed by atoms with Crippen LogP contribution >= 0.6 is 39.1 Å². The van der Waals surface area contributed by atoms with Crippen molar-refractivity contribution in [2.24, 2.45) is 0 Å². The SMILES string of the molecule is CCOc1cc(/C=C(/C#N)C(=O)NCCCc2ccccc2)cc(Br)c1OCc1ccc(Cl)cc1Cl. The first kappa shape index (κ1) is 27.6. The number of rotatable bonds is 11. The lowest BCUT2D eigenvalue weighted by Crippen LogP contribution is -2.25.